The van der Waals surface area contributed by atoms with Crippen LogP contribution >= 0.6 is 15.9 Å². The van der Waals surface area contributed by atoms with Crippen LogP contribution in [0.1, 0.15) is 49.4 Å². The Morgan fingerprint density at radius 2 is 2.04 bits per heavy atom. The van der Waals surface area contributed by atoms with Crippen molar-refractivity contribution in [2.24, 2.45) is 29.6 Å². The smallest absolute Gasteiger partial charge is 0.350 e. The molecule has 0 unspecified atom stereocenters. The van der Waals surface area contributed by atoms with Gasteiger partial charge in [0.1, 0.15) is 10.7 Å². The van der Waals surface area contributed by atoms with Gasteiger partial charge in [-0.3, -0.25) is 4.79 Å². The summed E-state index contributed by atoms with van der Waals surface area (Å²) < 4.78 is 5.16. The summed E-state index contributed by atoms with van der Waals surface area (Å²) in [7, 11) is 0. The maximum absolute atomic E-state index is 12.5. The van der Waals surface area contributed by atoms with Crippen molar-refractivity contribution in [1.82, 2.24) is 5.32 Å². The lowest BCUT2D eigenvalue weighted by molar-refractivity contribution is 0.0518. The molecule has 3 bridgehead atoms. The zero-order valence-electron chi connectivity index (χ0n) is 13.3. The van der Waals surface area contributed by atoms with E-state index in [1.54, 1.807) is 0 Å². The maximum Gasteiger partial charge on any atom is 0.350 e. The highest BCUT2D eigenvalue weighted by molar-refractivity contribution is 9.10. The zero-order chi connectivity index (χ0) is 16.1. The number of carbonyl (C=O) groups excluding carboxylic acids is 1. The van der Waals surface area contributed by atoms with Crippen LogP contribution in [0, 0.1) is 29.6 Å². The van der Waals surface area contributed by atoms with Crippen LogP contribution in [0.15, 0.2) is 26.0 Å². The molecule has 0 saturated heterocycles. The Kier molecular flexibility index (Phi) is 3.87. The van der Waals surface area contributed by atoms with Gasteiger partial charge in [-0.2, -0.15) is 0 Å². The highest BCUT2D eigenvalue weighted by Gasteiger charge is 2.51. The fourth-order valence-corrected chi connectivity index (χ4v) is 5.97. The molecule has 3 aliphatic carbocycles. The molecule has 0 aromatic carbocycles. The van der Waals surface area contributed by atoms with Gasteiger partial charge >= 0.3 is 5.63 Å². The third-order valence-corrected chi connectivity index (χ3v) is 6.95. The summed E-state index contributed by atoms with van der Waals surface area (Å²) in [5, 5.41) is 3.16. The molecule has 3 fully saturated rings. The summed E-state index contributed by atoms with van der Waals surface area (Å²) in [5.74, 6) is 3.84. The van der Waals surface area contributed by atoms with Crippen LogP contribution in [0.3, 0.4) is 0 Å². The molecule has 1 N–H and O–H groups in total. The molecule has 1 aromatic rings. The molecule has 1 aromatic heterocycles. The number of halogens is 1. The number of hydrogen-bond acceptors (Lipinski definition) is 3. The second-order valence-corrected chi connectivity index (χ2v) is 8.50. The largest absolute Gasteiger partial charge is 0.430 e. The lowest BCUT2D eigenvalue weighted by atomic mass is 9.62. The predicted octanol–water partition coefficient (Wildman–Crippen LogP) is 3.59. The van der Waals surface area contributed by atoms with Crippen molar-refractivity contribution < 1.29 is 9.21 Å². The molecule has 0 spiro atoms. The first kappa shape index (κ1) is 15.4. The molecule has 3 aliphatic rings. The number of rotatable bonds is 3. The summed E-state index contributed by atoms with van der Waals surface area (Å²) >= 11 is 3.12. The molecular formula is C18H22BrNO3. The van der Waals surface area contributed by atoms with Crippen LogP contribution in [0.2, 0.25) is 0 Å². The van der Waals surface area contributed by atoms with Crippen LogP contribution in [-0.4, -0.2) is 11.9 Å². The fraction of sp³-hybridized carbons (Fsp3) is 0.667. The van der Waals surface area contributed by atoms with Crippen LogP contribution in [0.5, 0.6) is 0 Å². The highest BCUT2D eigenvalue weighted by Crippen LogP contribution is 2.58. The second-order valence-electron chi connectivity index (χ2n) is 7.64. The van der Waals surface area contributed by atoms with Gasteiger partial charge in [0.2, 0.25) is 0 Å². The Morgan fingerprint density at radius 1 is 1.30 bits per heavy atom. The van der Waals surface area contributed by atoms with Gasteiger partial charge in [-0.25, -0.2) is 4.79 Å². The number of amides is 1. The molecule has 6 atom stereocenters. The Morgan fingerprint density at radius 3 is 2.83 bits per heavy atom. The topological polar surface area (TPSA) is 59.3 Å². The monoisotopic (exact) mass is 379 g/mol. The van der Waals surface area contributed by atoms with E-state index in [4.69, 9.17) is 4.42 Å². The third kappa shape index (κ3) is 2.67. The minimum Gasteiger partial charge on any atom is -0.430 e. The molecule has 23 heavy (non-hydrogen) atoms. The molecule has 3 saturated carbocycles. The minimum atomic E-state index is -0.462. The third-order valence-electron chi connectivity index (χ3n) is 6.40. The molecule has 124 valence electrons. The summed E-state index contributed by atoms with van der Waals surface area (Å²) in [5.41, 5.74) is -0.0650. The van der Waals surface area contributed by atoms with Crippen LogP contribution in [0.4, 0.5) is 0 Å². The van der Waals surface area contributed by atoms with Gasteiger partial charge in [-0.15, -0.1) is 0 Å². The van der Waals surface area contributed by atoms with E-state index in [2.05, 4.69) is 28.2 Å². The summed E-state index contributed by atoms with van der Waals surface area (Å²) in [6.07, 6.45) is 8.08. The molecule has 4 rings (SSSR count). The lowest BCUT2D eigenvalue weighted by Crippen LogP contribution is -2.48. The van der Waals surface area contributed by atoms with Crippen LogP contribution in [0.25, 0.3) is 0 Å². The van der Waals surface area contributed by atoms with E-state index in [1.807, 2.05) is 0 Å². The van der Waals surface area contributed by atoms with Crippen molar-refractivity contribution in [2.75, 3.05) is 0 Å². The molecule has 1 heterocycles. The van der Waals surface area contributed by atoms with E-state index in [0.717, 1.165) is 23.7 Å². The van der Waals surface area contributed by atoms with Gasteiger partial charge in [0.05, 0.1) is 5.56 Å². The fourth-order valence-electron chi connectivity index (χ4n) is 5.63. The number of carbonyl (C=O) groups is 1. The van der Waals surface area contributed by atoms with Crippen molar-refractivity contribution in [2.45, 2.75) is 45.1 Å². The molecule has 5 heteroatoms. The summed E-state index contributed by atoms with van der Waals surface area (Å²) in [4.78, 5) is 23.8. The number of hydrogen-bond donors (Lipinski definition) is 1. The van der Waals surface area contributed by atoms with Gasteiger partial charge in [-0.1, -0.05) is 0 Å². The normalized spacial score (nSPS) is 36.0. The Balaban J connectivity index is 1.49. The molecule has 0 radical (unpaired) electrons. The van der Waals surface area contributed by atoms with E-state index in [1.165, 1.54) is 44.4 Å². The van der Waals surface area contributed by atoms with Gasteiger partial charge in [0.25, 0.3) is 5.91 Å². The van der Waals surface area contributed by atoms with E-state index >= 15 is 0 Å². The molecule has 0 aliphatic heterocycles. The first-order valence-electron chi connectivity index (χ1n) is 8.62. The second kappa shape index (κ2) is 5.76. The zero-order valence-corrected chi connectivity index (χ0v) is 14.8. The molecule has 4 nitrogen and oxygen atoms in total. The Hall–Kier alpha value is -1.10. The first-order chi connectivity index (χ1) is 11.0. The number of nitrogens with one attached hydrogen (secondary N) is 1. The SMILES string of the molecule is C[C@H](NC(=O)c1coc(=O)c(Br)c1)[C@@H]1[C@@H]2CC[C@H]3C[C@H](C2)C[C@@H]31. The van der Waals surface area contributed by atoms with Crippen molar-refractivity contribution in [3.63, 3.8) is 0 Å². The van der Waals surface area contributed by atoms with Gasteiger partial charge in [-0.05, 0) is 90.6 Å². The Bertz CT molecular complexity index is 685. The molecule has 1 amide bonds. The first-order valence-corrected chi connectivity index (χ1v) is 9.41. The number of fused-ring (bicyclic) bond motifs is 2. The van der Waals surface area contributed by atoms with Crippen molar-refractivity contribution in [1.29, 1.82) is 0 Å². The summed E-state index contributed by atoms with van der Waals surface area (Å²) in [6, 6.07) is 1.71. The van der Waals surface area contributed by atoms with E-state index < -0.39 is 5.63 Å². The Labute approximate surface area is 144 Å². The van der Waals surface area contributed by atoms with Crippen molar-refractivity contribution in [3.8, 4) is 0 Å². The van der Waals surface area contributed by atoms with Gasteiger partial charge in [0, 0.05) is 6.04 Å². The highest BCUT2D eigenvalue weighted by atomic mass is 79.9. The van der Waals surface area contributed by atoms with Gasteiger partial charge < -0.3 is 9.73 Å². The van der Waals surface area contributed by atoms with Crippen molar-refractivity contribution >= 4 is 21.8 Å². The lowest BCUT2D eigenvalue weighted by Gasteiger charge is -2.45. The van der Waals surface area contributed by atoms with Gasteiger partial charge in [0.15, 0.2) is 0 Å². The molecular weight excluding hydrogens is 358 g/mol. The van der Waals surface area contributed by atoms with Crippen LogP contribution < -0.4 is 10.9 Å². The average molecular weight is 380 g/mol. The minimum absolute atomic E-state index is 0.155. The van der Waals surface area contributed by atoms with E-state index in [-0.39, 0.29) is 16.4 Å². The average Bonchev–Trinajstić information content (AvgIpc) is 2.72. The maximum atomic E-state index is 12.5. The predicted molar refractivity (Wildman–Crippen MR) is 90.1 cm³/mol. The van der Waals surface area contributed by atoms with E-state index in [9.17, 15) is 9.59 Å². The van der Waals surface area contributed by atoms with Crippen LogP contribution in [-0.2, 0) is 0 Å². The quantitative estimate of drug-likeness (QED) is 0.872. The van der Waals surface area contributed by atoms with E-state index in [0.29, 0.717) is 11.5 Å². The van der Waals surface area contributed by atoms with Crippen molar-refractivity contribution in [3.05, 3.63) is 32.8 Å². The standard InChI is InChI=1S/C18H22BrNO3/c1-9(20-17(21)13-7-15(19)18(22)23-8-13)16-12-3-2-11-4-10(5-12)6-14(11)16/h7-12,14,16H,2-6H2,1H3,(H,20,21)/t9-,10+,11-,12+,14-,16+/m0/s1. The summed E-state index contributed by atoms with van der Waals surface area (Å²) in [6.45, 7) is 2.14.